The predicted molar refractivity (Wildman–Crippen MR) is 125 cm³/mol. The Hall–Kier alpha value is -2.39. The van der Waals surface area contributed by atoms with Crippen molar-refractivity contribution in [1.82, 2.24) is 19.7 Å². The van der Waals surface area contributed by atoms with E-state index in [-0.39, 0.29) is 11.2 Å². The standard InChI is InChI=1S/C25H27F3N4OS/c1-31-22(18-4-2-5-20(33)14-18)29-30-23(31)34-13-3-11-32-12-10-24(16-32)15-21(24)17-6-8-19(9-7-17)25(26,27)28/h2,4-9,21H,3,10-16H2,1H3/t21?,24-/m0/s1. The van der Waals surface area contributed by atoms with Gasteiger partial charge in [0, 0.05) is 31.3 Å². The quantitative estimate of drug-likeness (QED) is 0.401. The fraction of sp³-hybridized carbons (Fsp3) is 0.480. The minimum atomic E-state index is -4.28. The Morgan fingerprint density at radius 1 is 1.21 bits per heavy atom. The number of alkyl halides is 3. The number of aromatic nitrogens is 3. The molecule has 2 fully saturated rings. The number of likely N-dealkylation sites (tertiary alicyclic amines) is 1. The summed E-state index contributed by atoms with van der Waals surface area (Å²) in [7, 11) is 1.93. The van der Waals surface area contributed by atoms with Crippen LogP contribution in [0.2, 0.25) is 0 Å². The van der Waals surface area contributed by atoms with E-state index in [0.717, 1.165) is 66.8 Å². The largest absolute Gasteiger partial charge is 0.416 e. The Morgan fingerprint density at radius 3 is 2.74 bits per heavy atom. The Labute approximate surface area is 201 Å². The molecule has 2 atom stereocenters. The van der Waals surface area contributed by atoms with E-state index in [4.69, 9.17) is 0 Å². The summed E-state index contributed by atoms with van der Waals surface area (Å²) in [5.41, 5.74) is 1.59. The fourth-order valence-electron chi connectivity index (χ4n) is 5.25. The van der Waals surface area contributed by atoms with Gasteiger partial charge in [0.25, 0.3) is 0 Å². The summed E-state index contributed by atoms with van der Waals surface area (Å²) >= 11 is 1.67. The van der Waals surface area contributed by atoms with Crippen molar-refractivity contribution in [3.8, 4) is 0 Å². The fourth-order valence-corrected chi connectivity index (χ4v) is 6.09. The first kappa shape index (κ1) is 23.4. The van der Waals surface area contributed by atoms with Gasteiger partial charge >= 0.3 is 6.18 Å². The second-order valence-electron chi connectivity index (χ2n) is 9.53. The van der Waals surface area contributed by atoms with Crippen molar-refractivity contribution in [1.29, 1.82) is 0 Å². The van der Waals surface area contributed by atoms with Crippen molar-refractivity contribution in [2.45, 2.75) is 42.9 Å². The van der Waals surface area contributed by atoms with Crippen molar-refractivity contribution >= 4 is 23.1 Å². The molecular weight excluding hydrogens is 461 g/mol. The highest BCUT2D eigenvalue weighted by Crippen LogP contribution is 2.64. The molecule has 0 N–H and O–H groups in total. The van der Waals surface area contributed by atoms with Crippen molar-refractivity contribution < 1.29 is 18.0 Å². The van der Waals surface area contributed by atoms with Crippen LogP contribution in [0.25, 0.3) is 5.57 Å². The number of rotatable bonds is 7. The maximum atomic E-state index is 12.8. The lowest BCUT2D eigenvalue weighted by Gasteiger charge is -2.16. The van der Waals surface area contributed by atoms with Crippen LogP contribution in [0.5, 0.6) is 0 Å². The summed E-state index contributed by atoms with van der Waals surface area (Å²) < 4.78 is 40.4. The molecule has 1 saturated heterocycles. The zero-order valence-electron chi connectivity index (χ0n) is 19.0. The third kappa shape index (κ3) is 4.73. The first-order valence-electron chi connectivity index (χ1n) is 11.6. The van der Waals surface area contributed by atoms with Gasteiger partial charge in [0.05, 0.1) is 5.56 Å². The van der Waals surface area contributed by atoms with Crippen LogP contribution in [0.4, 0.5) is 13.2 Å². The number of halogens is 3. The molecule has 1 aliphatic heterocycles. The summed E-state index contributed by atoms with van der Waals surface area (Å²) in [5, 5.41) is 9.42. The highest BCUT2D eigenvalue weighted by atomic mass is 32.2. The normalized spacial score (nSPS) is 24.8. The van der Waals surface area contributed by atoms with Gasteiger partial charge in [-0.1, -0.05) is 36.0 Å². The topological polar surface area (TPSA) is 51.0 Å². The van der Waals surface area contributed by atoms with Gasteiger partial charge in [-0.15, -0.1) is 10.2 Å². The molecule has 5 nitrogen and oxygen atoms in total. The molecule has 0 radical (unpaired) electrons. The maximum absolute atomic E-state index is 12.8. The molecule has 0 bridgehead atoms. The lowest BCUT2D eigenvalue weighted by Crippen LogP contribution is -2.23. The van der Waals surface area contributed by atoms with Crippen LogP contribution in [0.3, 0.4) is 0 Å². The molecule has 1 spiro atoms. The van der Waals surface area contributed by atoms with Gasteiger partial charge in [-0.25, -0.2) is 0 Å². The monoisotopic (exact) mass is 488 g/mol. The van der Waals surface area contributed by atoms with Crippen LogP contribution in [0.1, 0.15) is 48.6 Å². The predicted octanol–water partition coefficient (Wildman–Crippen LogP) is 5.11. The van der Waals surface area contributed by atoms with E-state index < -0.39 is 11.7 Å². The smallest absolute Gasteiger partial charge is 0.305 e. The molecule has 180 valence electrons. The maximum Gasteiger partial charge on any atom is 0.416 e. The lowest BCUT2D eigenvalue weighted by molar-refractivity contribution is -0.137. The first-order valence-corrected chi connectivity index (χ1v) is 12.6. The summed E-state index contributed by atoms with van der Waals surface area (Å²) in [6.07, 6.45) is 4.53. The van der Waals surface area contributed by atoms with Gasteiger partial charge < -0.3 is 9.47 Å². The van der Waals surface area contributed by atoms with Crippen molar-refractivity contribution in [2.75, 3.05) is 25.4 Å². The Morgan fingerprint density at radius 2 is 2.00 bits per heavy atom. The van der Waals surface area contributed by atoms with Crippen LogP contribution >= 0.6 is 11.8 Å². The number of hydrogen-bond donors (Lipinski definition) is 0. The number of hydrogen-bond acceptors (Lipinski definition) is 5. The number of thioether (sulfide) groups is 1. The molecule has 0 amide bonds. The number of benzene rings is 1. The van der Waals surface area contributed by atoms with E-state index in [1.165, 1.54) is 12.1 Å². The van der Waals surface area contributed by atoms with Crippen molar-refractivity contribution in [2.24, 2.45) is 12.5 Å². The average molecular weight is 489 g/mol. The Kier molecular flexibility index (Phi) is 6.18. The third-order valence-corrected chi connectivity index (χ3v) is 8.32. The minimum Gasteiger partial charge on any atom is -0.305 e. The van der Waals surface area contributed by atoms with E-state index in [9.17, 15) is 18.0 Å². The molecule has 1 aromatic heterocycles. The molecule has 2 aromatic rings. The van der Waals surface area contributed by atoms with E-state index >= 15 is 0 Å². The zero-order valence-corrected chi connectivity index (χ0v) is 19.8. The summed E-state index contributed by atoms with van der Waals surface area (Å²) in [5.74, 6) is 2.12. The molecule has 2 heterocycles. The molecule has 1 saturated carbocycles. The van der Waals surface area contributed by atoms with E-state index in [1.54, 1.807) is 36.0 Å². The number of carbonyl (C=O) groups is 1. The van der Waals surface area contributed by atoms with Gasteiger partial charge in [-0.3, -0.25) is 4.79 Å². The average Bonchev–Trinajstić information content (AvgIpc) is 3.14. The van der Waals surface area contributed by atoms with E-state index in [0.29, 0.717) is 12.3 Å². The van der Waals surface area contributed by atoms with Crippen LogP contribution in [0, 0.1) is 5.41 Å². The van der Waals surface area contributed by atoms with E-state index in [2.05, 4.69) is 15.1 Å². The molecule has 34 heavy (non-hydrogen) atoms. The van der Waals surface area contributed by atoms with Crippen LogP contribution in [-0.2, 0) is 18.0 Å². The van der Waals surface area contributed by atoms with Crippen LogP contribution < -0.4 is 0 Å². The molecule has 5 rings (SSSR count). The number of nitrogens with zero attached hydrogens (tertiary/aromatic N) is 4. The molecular formula is C25H27F3N4OS. The number of allylic oxidation sites excluding steroid dienone is 4. The highest BCUT2D eigenvalue weighted by Gasteiger charge is 2.57. The molecule has 2 aliphatic carbocycles. The van der Waals surface area contributed by atoms with Gasteiger partial charge in [-0.2, -0.15) is 13.2 Å². The zero-order chi connectivity index (χ0) is 23.9. The van der Waals surface area contributed by atoms with Gasteiger partial charge in [0.15, 0.2) is 16.8 Å². The van der Waals surface area contributed by atoms with Crippen LogP contribution in [0.15, 0.2) is 47.6 Å². The molecule has 3 aliphatic rings. The Bertz CT molecular complexity index is 1140. The van der Waals surface area contributed by atoms with Gasteiger partial charge in [0.2, 0.25) is 0 Å². The molecule has 9 heteroatoms. The molecule has 1 aromatic carbocycles. The summed E-state index contributed by atoms with van der Waals surface area (Å²) in [6, 6.07) is 5.74. The number of carbonyl (C=O) groups excluding carboxylic acids is 1. The Balaban J connectivity index is 1.08. The van der Waals surface area contributed by atoms with Gasteiger partial charge in [0.1, 0.15) is 0 Å². The molecule has 1 unspecified atom stereocenters. The first-order chi connectivity index (χ1) is 16.2. The lowest BCUT2D eigenvalue weighted by atomic mass is 9.97. The minimum absolute atomic E-state index is 0.0781. The summed E-state index contributed by atoms with van der Waals surface area (Å²) in [4.78, 5) is 14.1. The second kappa shape index (κ2) is 9.00. The van der Waals surface area contributed by atoms with Crippen LogP contribution in [-0.4, -0.2) is 50.8 Å². The van der Waals surface area contributed by atoms with Gasteiger partial charge in [-0.05, 0) is 67.5 Å². The second-order valence-corrected chi connectivity index (χ2v) is 10.6. The summed E-state index contributed by atoms with van der Waals surface area (Å²) in [6.45, 7) is 3.07. The SMILES string of the molecule is Cn1c(SCCCN2CC[C@]3(CC3c3ccc(C(F)(F)F)cc3)C2)nnc1C1=CC=CC(=O)C1. The third-order valence-electron chi connectivity index (χ3n) is 7.21. The van der Waals surface area contributed by atoms with Crippen molar-refractivity contribution in [3.63, 3.8) is 0 Å². The number of ketones is 1. The van der Waals surface area contributed by atoms with E-state index in [1.807, 2.05) is 17.7 Å². The highest BCUT2D eigenvalue weighted by molar-refractivity contribution is 7.99. The van der Waals surface area contributed by atoms with Crippen molar-refractivity contribution in [3.05, 3.63) is 59.4 Å².